The van der Waals surface area contributed by atoms with Crippen LogP contribution in [0.5, 0.6) is 5.75 Å². The zero-order valence-electron chi connectivity index (χ0n) is 16.4. The second-order valence-electron chi connectivity index (χ2n) is 6.68. The maximum absolute atomic E-state index is 12.5. The monoisotopic (exact) mass is 458 g/mol. The van der Waals surface area contributed by atoms with Crippen LogP contribution in [0.1, 0.15) is 22.8 Å². The van der Waals surface area contributed by atoms with Gasteiger partial charge in [-0.25, -0.2) is 13.6 Å². The first-order valence-corrected chi connectivity index (χ1v) is 11.1. The number of ketones is 1. The molecule has 0 heterocycles. The lowest BCUT2D eigenvalue weighted by Gasteiger charge is -2.15. The number of carbonyl (C=O) groups excluding carboxylic acids is 2. The molecule has 0 saturated carbocycles. The highest BCUT2D eigenvalue weighted by Crippen LogP contribution is 2.19. The van der Waals surface area contributed by atoms with E-state index in [1.165, 1.54) is 24.3 Å². The summed E-state index contributed by atoms with van der Waals surface area (Å²) in [7, 11) is -3.80. The third-order valence-corrected chi connectivity index (χ3v) is 5.54. The van der Waals surface area contributed by atoms with Gasteiger partial charge in [-0.1, -0.05) is 11.6 Å². The molecule has 0 saturated heterocycles. The first-order valence-electron chi connectivity index (χ1n) is 9.14. The van der Waals surface area contributed by atoms with Crippen LogP contribution in [-0.4, -0.2) is 26.2 Å². The number of ether oxygens (including phenoxy) is 1. The van der Waals surface area contributed by atoms with Crippen molar-refractivity contribution in [1.82, 2.24) is 0 Å². The molecule has 3 rings (SSSR count). The Morgan fingerprint density at radius 2 is 1.42 bits per heavy atom. The SMILES string of the molecule is CC(Oc1ccc(C(=O)c2ccc(Cl)cc2)cc1)C(=O)Nc1ccc(S(N)(=O)=O)cc1. The van der Waals surface area contributed by atoms with Gasteiger partial charge < -0.3 is 10.1 Å². The van der Waals surface area contributed by atoms with Gasteiger partial charge in [-0.3, -0.25) is 9.59 Å². The lowest BCUT2D eigenvalue weighted by molar-refractivity contribution is -0.122. The lowest BCUT2D eigenvalue weighted by Crippen LogP contribution is -2.30. The molecule has 7 nitrogen and oxygen atoms in total. The average Bonchev–Trinajstić information content (AvgIpc) is 2.74. The van der Waals surface area contributed by atoms with Gasteiger partial charge >= 0.3 is 0 Å². The third-order valence-electron chi connectivity index (χ3n) is 4.36. The Morgan fingerprint density at radius 3 is 1.94 bits per heavy atom. The number of amides is 1. The Hall–Kier alpha value is -3.20. The van der Waals surface area contributed by atoms with Crippen molar-refractivity contribution in [2.45, 2.75) is 17.9 Å². The predicted molar refractivity (Wildman–Crippen MR) is 118 cm³/mol. The van der Waals surface area contributed by atoms with E-state index in [2.05, 4.69) is 5.32 Å². The Labute approximate surface area is 184 Å². The summed E-state index contributed by atoms with van der Waals surface area (Å²) in [6.07, 6.45) is -0.837. The van der Waals surface area contributed by atoms with Crippen molar-refractivity contribution < 1.29 is 22.7 Å². The lowest BCUT2D eigenvalue weighted by atomic mass is 10.0. The topological polar surface area (TPSA) is 116 Å². The molecule has 0 aromatic heterocycles. The summed E-state index contributed by atoms with van der Waals surface area (Å²) in [6, 6.07) is 18.5. The molecule has 0 bridgehead atoms. The van der Waals surface area contributed by atoms with Gasteiger partial charge in [-0.2, -0.15) is 0 Å². The first kappa shape index (κ1) is 22.5. The summed E-state index contributed by atoms with van der Waals surface area (Å²) in [5.41, 5.74) is 1.39. The smallest absolute Gasteiger partial charge is 0.265 e. The minimum atomic E-state index is -3.80. The van der Waals surface area contributed by atoms with Crippen molar-refractivity contribution in [1.29, 1.82) is 0 Å². The van der Waals surface area contributed by atoms with Crippen molar-refractivity contribution in [2.75, 3.05) is 5.32 Å². The number of sulfonamides is 1. The fourth-order valence-electron chi connectivity index (χ4n) is 2.68. The molecule has 160 valence electrons. The Balaban J connectivity index is 1.60. The molecular formula is C22H19ClN2O5S. The highest BCUT2D eigenvalue weighted by atomic mass is 35.5. The number of halogens is 1. The summed E-state index contributed by atoms with van der Waals surface area (Å²) < 4.78 is 28.2. The molecular weight excluding hydrogens is 440 g/mol. The maximum Gasteiger partial charge on any atom is 0.265 e. The molecule has 3 N–H and O–H groups in total. The molecule has 0 aliphatic heterocycles. The average molecular weight is 459 g/mol. The van der Waals surface area contributed by atoms with Crippen LogP contribution in [0, 0.1) is 0 Å². The van der Waals surface area contributed by atoms with E-state index in [0.29, 0.717) is 27.6 Å². The summed E-state index contributed by atoms with van der Waals surface area (Å²) in [5, 5.41) is 8.23. The van der Waals surface area contributed by atoms with Crippen molar-refractivity contribution in [3.63, 3.8) is 0 Å². The molecule has 1 amide bonds. The molecule has 0 aliphatic rings. The van der Waals surface area contributed by atoms with Gasteiger partial charge in [0, 0.05) is 21.8 Å². The molecule has 1 atom stereocenters. The molecule has 0 fully saturated rings. The molecule has 3 aromatic rings. The predicted octanol–water partition coefficient (Wildman–Crippen LogP) is 3.62. The second-order valence-corrected chi connectivity index (χ2v) is 8.68. The Bertz CT molecular complexity index is 1190. The zero-order valence-corrected chi connectivity index (χ0v) is 18.0. The number of hydrogen-bond donors (Lipinski definition) is 2. The Morgan fingerprint density at radius 1 is 0.903 bits per heavy atom. The second kappa shape index (κ2) is 9.30. The summed E-state index contributed by atoms with van der Waals surface area (Å²) in [4.78, 5) is 24.8. The van der Waals surface area contributed by atoms with E-state index in [-0.39, 0.29) is 10.7 Å². The van der Waals surface area contributed by atoms with Crippen LogP contribution in [0.4, 0.5) is 5.69 Å². The number of hydrogen-bond acceptors (Lipinski definition) is 5. The maximum atomic E-state index is 12.5. The first-order chi connectivity index (χ1) is 14.6. The minimum absolute atomic E-state index is 0.0527. The number of carbonyl (C=O) groups is 2. The number of benzene rings is 3. The van der Waals surface area contributed by atoms with Crippen LogP contribution in [0.25, 0.3) is 0 Å². The Kier molecular flexibility index (Phi) is 6.74. The molecule has 31 heavy (non-hydrogen) atoms. The van der Waals surface area contributed by atoms with Crippen molar-refractivity contribution in [3.8, 4) is 5.75 Å². The van der Waals surface area contributed by atoms with E-state index in [1.54, 1.807) is 55.5 Å². The van der Waals surface area contributed by atoms with Crippen LogP contribution < -0.4 is 15.2 Å². The van der Waals surface area contributed by atoms with Crippen LogP contribution >= 0.6 is 11.6 Å². The van der Waals surface area contributed by atoms with E-state index >= 15 is 0 Å². The third kappa shape index (κ3) is 5.91. The number of rotatable bonds is 7. The van der Waals surface area contributed by atoms with Crippen molar-refractivity contribution in [2.24, 2.45) is 5.14 Å². The van der Waals surface area contributed by atoms with Gasteiger partial charge in [0.2, 0.25) is 10.0 Å². The number of nitrogens with one attached hydrogen (secondary N) is 1. The van der Waals surface area contributed by atoms with Gasteiger partial charge in [0.15, 0.2) is 11.9 Å². The van der Waals surface area contributed by atoms with E-state index in [4.69, 9.17) is 21.5 Å². The van der Waals surface area contributed by atoms with Crippen molar-refractivity contribution in [3.05, 3.63) is 88.9 Å². The van der Waals surface area contributed by atoms with Crippen LogP contribution in [0.2, 0.25) is 5.02 Å². The summed E-state index contributed by atoms with van der Waals surface area (Å²) in [5.74, 6) is -0.165. The van der Waals surface area contributed by atoms with Gasteiger partial charge in [-0.05, 0) is 79.7 Å². The standard InChI is InChI=1S/C22H19ClN2O5S/c1-14(22(27)25-18-8-12-20(13-9-18)31(24,28)29)30-19-10-4-16(5-11-19)21(26)15-2-6-17(23)7-3-15/h2-14H,1H3,(H,25,27)(H2,24,28,29). The molecule has 0 radical (unpaired) electrons. The van der Waals surface area contributed by atoms with E-state index in [0.717, 1.165) is 0 Å². The summed E-state index contributed by atoms with van der Waals surface area (Å²) in [6.45, 7) is 1.57. The van der Waals surface area contributed by atoms with Crippen LogP contribution in [-0.2, 0) is 14.8 Å². The summed E-state index contributed by atoms with van der Waals surface area (Å²) >= 11 is 5.84. The normalized spacial score (nSPS) is 12.1. The van der Waals surface area contributed by atoms with Gasteiger partial charge in [0.1, 0.15) is 5.75 Å². The van der Waals surface area contributed by atoms with E-state index in [9.17, 15) is 18.0 Å². The van der Waals surface area contributed by atoms with E-state index < -0.39 is 22.0 Å². The molecule has 9 heteroatoms. The quantitative estimate of drug-likeness (QED) is 0.524. The fourth-order valence-corrected chi connectivity index (χ4v) is 3.32. The minimum Gasteiger partial charge on any atom is -0.481 e. The molecule has 0 aliphatic carbocycles. The van der Waals surface area contributed by atoms with Gasteiger partial charge in [0.25, 0.3) is 5.91 Å². The van der Waals surface area contributed by atoms with Crippen LogP contribution in [0.3, 0.4) is 0 Å². The molecule has 3 aromatic carbocycles. The number of nitrogens with two attached hydrogens (primary N) is 1. The fraction of sp³-hybridized carbons (Fsp3) is 0.0909. The highest BCUT2D eigenvalue weighted by Gasteiger charge is 2.16. The van der Waals surface area contributed by atoms with Crippen molar-refractivity contribution >= 4 is 39.0 Å². The van der Waals surface area contributed by atoms with Gasteiger partial charge in [-0.15, -0.1) is 0 Å². The number of primary sulfonamides is 1. The van der Waals surface area contributed by atoms with E-state index in [1.807, 2.05) is 0 Å². The van der Waals surface area contributed by atoms with Gasteiger partial charge in [0.05, 0.1) is 4.90 Å². The largest absolute Gasteiger partial charge is 0.481 e. The molecule has 0 spiro atoms. The number of anilines is 1. The van der Waals surface area contributed by atoms with Crippen LogP contribution in [0.15, 0.2) is 77.7 Å². The molecule has 1 unspecified atom stereocenters. The zero-order chi connectivity index (χ0) is 22.6. The highest BCUT2D eigenvalue weighted by molar-refractivity contribution is 7.89.